The highest BCUT2D eigenvalue weighted by Gasteiger charge is 2.40. The lowest BCUT2D eigenvalue weighted by atomic mass is 9.91. The molecule has 0 aromatic heterocycles. The van der Waals surface area contributed by atoms with E-state index in [0.29, 0.717) is 16.8 Å². The number of rotatable bonds is 7. The molecule has 0 spiro atoms. The van der Waals surface area contributed by atoms with E-state index in [4.69, 9.17) is 9.47 Å². The van der Waals surface area contributed by atoms with Gasteiger partial charge in [-0.25, -0.2) is 4.90 Å². The van der Waals surface area contributed by atoms with Crippen molar-refractivity contribution < 1.29 is 24.2 Å². The fraction of sp³-hybridized carbons (Fsp3) is 0.212. The third kappa shape index (κ3) is 5.09. The number of aliphatic hydroxyl groups is 1. The van der Waals surface area contributed by atoms with Crippen molar-refractivity contribution in [1.29, 1.82) is 0 Å². The molecule has 1 N–H and O–H groups in total. The number of benzene rings is 4. The van der Waals surface area contributed by atoms with Gasteiger partial charge in [0.05, 0.1) is 35.6 Å². The van der Waals surface area contributed by atoms with Gasteiger partial charge in [0.1, 0.15) is 0 Å². The van der Waals surface area contributed by atoms with Gasteiger partial charge < -0.3 is 14.6 Å². The number of ether oxygens (including phenoxy) is 2. The monoisotopic (exact) mass is 551 g/mol. The Morgan fingerprint density at radius 1 is 0.775 bits per heavy atom. The summed E-state index contributed by atoms with van der Waals surface area (Å²) in [4.78, 5) is 28.6. The third-order valence-corrected chi connectivity index (χ3v) is 8.58. The quantitative estimate of drug-likeness (QED) is 0.207. The molecule has 202 valence electrons. The van der Waals surface area contributed by atoms with Gasteiger partial charge in [0.15, 0.2) is 6.29 Å². The highest BCUT2D eigenvalue weighted by atomic mass is 32.2. The normalized spacial score (nSPS) is 22.4. The van der Waals surface area contributed by atoms with Crippen LogP contribution in [-0.2, 0) is 16.1 Å². The molecule has 7 heteroatoms. The van der Waals surface area contributed by atoms with Crippen molar-refractivity contribution in [3.8, 4) is 0 Å². The van der Waals surface area contributed by atoms with Crippen LogP contribution >= 0.6 is 11.8 Å². The first-order chi connectivity index (χ1) is 19.5. The van der Waals surface area contributed by atoms with Crippen LogP contribution in [0.4, 0.5) is 5.69 Å². The van der Waals surface area contributed by atoms with Gasteiger partial charge in [0, 0.05) is 22.1 Å². The summed E-state index contributed by atoms with van der Waals surface area (Å²) in [6, 6.07) is 32.2. The maximum absolute atomic E-state index is 13.1. The van der Waals surface area contributed by atoms with Crippen molar-refractivity contribution in [3.05, 3.63) is 131 Å². The predicted octanol–water partition coefficient (Wildman–Crippen LogP) is 6.56. The van der Waals surface area contributed by atoms with Crippen LogP contribution in [0.1, 0.15) is 56.7 Å². The number of nitrogens with zero attached hydrogens (tertiary/aromatic N) is 1. The van der Waals surface area contributed by atoms with Gasteiger partial charge in [-0.05, 0) is 47.5 Å². The van der Waals surface area contributed by atoms with Gasteiger partial charge in [0.25, 0.3) is 11.8 Å². The molecule has 4 unspecified atom stereocenters. The summed E-state index contributed by atoms with van der Waals surface area (Å²) in [5, 5.41) is 9.51. The average molecular weight is 552 g/mol. The van der Waals surface area contributed by atoms with Gasteiger partial charge in [-0.1, -0.05) is 73.7 Å². The van der Waals surface area contributed by atoms with Crippen LogP contribution < -0.4 is 4.90 Å². The molecule has 1 fully saturated rings. The van der Waals surface area contributed by atoms with Crippen molar-refractivity contribution in [2.24, 2.45) is 5.92 Å². The summed E-state index contributed by atoms with van der Waals surface area (Å²) in [5.41, 5.74) is 3.86. The Labute approximate surface area is 237 Å². The molecule has 0 aliphatic carbocycles. The zero-order valence-electron chi connectivity index (χ0n) is 22.0. The number of aliphatic hydroxyl groups excluding tert-OH is 1. The molecule has 0 bridgehead atoms. The molecule has 4 atom stereocenters. The zero-order valence-corrected chi connectivity index (χ0v) is 22.8. The number of hydrogen-bond donors (Lipinski definition) is 1. The maximum atomic E-state index is 13.1. The lowest BCUT2D eigenvalue weighted by Gasteiger charge is -2.41. The van der Waals surface area contributed by atoms with E-state index >= 15 is 0 Å². The van der Waals surface area contributed by atoms with Crippen molar-refractivity contribution >= 4 is 29.3 Å². The van der Waals surface area contributed by atoms with E-state index in [0.717, 1.165) is 27.3 Å². The highest BCUT2D eigenvalue weighted by Crippen LogP contribution is 2.43. The van der Waals surface area contributed by atoms with Crippen LogP contribution in [0.2, 0.25) is 0 Å². The van der Waals surface area contributed by atoms with E-state index in [9.17, 15) is 14.7 Å². The second-order valence-electron chi connectivity index (χ2n) is 10.0. The Kier molecular flexibility index (Phi) is 7.54. The number of amides is 2. The van der Waals surface area contributed by atoms with Crippen LogP contribution in [0.3, 0.4) is 0 Å². The summed E-state index contributed by atoms with van der Waals surface area (Å²) in [6.07, 6.45) is -1.08. The molecule has 0 radical (unpaired) electrons. The zero-order chi connectivity index (χ0) is 27.6. The van der Waals surface area contributed by atoms with E-state index in [1.165, 1.54) is 4.90 Å². The Bertz CT molecular complexity index is 1490. The lowest BCUT2D eigenvalue weighted by Crippen LogP contribution is -2.38. The fourth-order valence-corrected chi connectivity index (χ4v) is 6.33. The van der Waals surface area contributed by atoms with Gasteiger partial charge in [0.2, 0.25) is 0 Å². The number of fused-ring (bicyclic) bond motifs is 1. The topological polar surface area (TPSA) is 76.1 Å². The molecule has 2 heterocycles. The fourth-order valence-electron chi connectivity index (χ4n) is 5.24. The van der Waals surface area contributed by atoms with Gasteiger partial charge in [-0.3, -0.25) is 9.59 Å². The Balaban J connectivity index is 1.30. The summed E-state index contributed by atoms with van der Waals surface area (Å²) in [7, 11) is 0. The number of imide groups is 1. The molecule has 0 saturated carbocycles. The molecule has 4 aromatic carbocycles. The first-order valence-electron chi connectivity index (χ1n) is 13.3. The van der Waals surface area contributed by atoms with E-state index in [2.05, 4.69) is 19.1 Å². The van der Waals surface area contributed by atoms with Crippen LogP contribution in [0.5, 0.6) is 0 Å². The number of hydrogen-bond acceptors (Lipinski definition) is 6. The van der Waals surface area contributed by atoms with E-state index in [1.54, 1.807) is 48.2 Å². The van der Waals surface area contributed by atoms with Crippen LogP contribution in [-0.4, -0.2) is 28.8 Å². The Morgan fingerprint density at radius 3 is 2.12 bits per heavy atom. The number of carbonyl (C=O) groups is 2. The van der Waals surface area contributed by atoms with Crippen LogP contribution in [0.15, 0.2) is 108 Å². The largest absolute Gasteiger partial charge is 0.392 e. The van der Waals surface area contributed by atoms with Gasteiger partial charge >= 0.3 is 0 Å². The second-order valence-corrected chi connectivity index (χ2v) is 11.1. The molecule has 40 heavy (non-hydrogen) atoms. The summed E-state index contributed by atoms with van der Waals surface area (Å²) < 4.78 is 13.1. The summed E-state index contributed by atoms with van der Waals surface area (Å²) in [5.74, 6) is 0.104. The third-order valence-electron chi connectivity index (χ3n) is 7.48. The molecule has 4 aromatic rings. The minimum atomic E-state index is -0.699. The number of thioether (sulfide) groups is 1. The van der Waals surface area contributed by atoms with Crippen LogP contribution in [0.25, 0.3) is 0 Å². The van der Waals surface area contributed by atoms with Gasteiger partial charge in [-0.2, -0.15) is 0 Å². The molecule has 2 aliphatic heterocycles. The number of carbonyl (C=O) groups excluding carboxylic acids is 2. The SMILES string of the molecule is CC1C(CSc2ccccc2)OC(c2cccc(N3C(=O)c4ccccc4C3=O)c2)OC1c1ccc(CO)cc1. The molecule has 2 aliphatic rings. The number of anilines is 1. The van der Waals surface area contributed by atoms with E-state index in [-0.39, 0.29) is 36.5 Å². The van der Waals surface area contributed by atoms with Crippen molar-refractivity contribution in [1.82, 2.24) is 0 Å². The lowest BCUT2D eigenvalue weighted by molar-refractivity contribution is -0.268. The smallest absolute Gasteiger partial charge is 0.266 e. The van der Waals surface area contributed by atoms with E-state index < -0.39 is 6.29 Å². The minimum absolute atomic E-state index is 0.0198. The Hall–Kier alpha value is -3.75. The van der Waals surface area contributed by atoms with Crippen molar-refractivity contribution in [2.45, 2.75) is 36.9 Å². The summed E-state index contributed by atoms with van der Waals surface area (Å²) >= 11 is 1.74. The second kappa shape index (κ2) is 11.4. The molecule has 2 amide bonds. The average Bonchev–Trinajstić information content (AvgIpc) is 3.26. The van der Waals surface area contributed by atoms with E-state index in [1.807, 2.05) is 54.6 Å². The molecule has 6 rings (SSSR count). The molecule has 6 nitrogen and oxygen atoms in total. The molecule has 1 saturated heterocycles. The minimum Gasteiger partial charge on any atom is -0.392 e. The molecular formula is C33H29NO5S. The Morgan fingerprint density at radius 2 is 1.45 bits per heavy atom. The maximum Gasteiger partial charge on any atom is 0.266 e. The standard InChI is InChI=1S/C33H29NO5S/c1-21-29(20-40-26-10-3-2-4-11-26)38-33(39-30(21)23-16-14-22(19-35)15-17-23)24-8-7-9-25(18-24)34-31(36)27-12-5-6-13-28(27)32(34)37/h2-18,21,29-30,33,35H,19-20H2,1H3. The van der Waals surface area contributed by atoms with Gasteiger partial charge in [-0.15, -0.1) is 11.8 Å². The predicted molar refractivity (Wildman–Crippen MR) is 154 cm³/mol. The first-order valence-corrected chi connectivity index (χ1v) is 14.3. The molecular weight excluding hydrogens is 522 g/mol. The first kappa shape index (κ1) is 26.5. The highest BCUT2D eigenvalue weighted by molar-refractivity contribution is 7.99. The van der Waals surface area contributed by atoms with Crippen LogP contribution in [0, 0.1) is 5.92 Å². The summed E-state index contributed by atoms with van der Waals surface area (Å²) in [6.45, 7) is 2.11. The van der Waals surface area contributed by atoms with Crippen molar-refractivity contribution in [3.63, 3.8) is 0 Å². The van der Waals surface area contributed by atoms with Crippen molar-refractivity contribution in [2.75, 3.05) is 10.7 Å².